The summed E-state index contributed by atoms with van der Waals surface area (Å²) in [6, 6.07) is 8.59. The number of hydrogen-bond acceptors (Lipinski definition) is 3. The second-order valence-electron chi connectivity index (χ2n) is 2.29. The van der Waals surface area contributed by atoms with Crippen LogP contribution in [0.4, 0.5) is 0 Å². The summed E-state index contributed by atoms with van der Waals surface area (Å²) in [5.74, 6) is 0.125. The van der Waals surface area contributed by atoms with Gasteiger partial charge in [-0.05, 0) is 12.1 Å². The molecule has 0 aliphatic heterocycles. The lowest BCUT2D eigenvalue weighted by Gasteiger charge is -1.97. The summed E-state index contributed by atoms with van der Waals surface area (Å²) in [6.45, 7) is 0. The Morgan fingerprint density at radius 1 is 1.38 bits per heavy atom. The van der Waals surface area contributed by atoms with E-state index in [1.807, 2.05) is 6.07 Å². The van der Waals surface area contributed by atoms with Crippen molar-refractivity contribution in [1.29, 1.82) is 10.5 Å². The van der Waals surface area contributed by atoms with Gasteiger partial charge in [0, 0.05) is 5.56 Å². The lowest BCUT2D eigenvalue weighted by atomic mass is 10.1. The molecule has 0 aliphatic rings. The van der Waals surface area contributed by atoms with Gasteiger partial charge in [0.15, 0.2) is 0 Å². The molecule has 13 heavy (non-hydrogen) atoms. The monoisotopic (exact) mass is 170 g/mol. The maximum absolute atomic E-state index is 8.58. The third-order valence-electron chi connectivity index (χ3n) is 1.46. The average Bonchev–Trinajstić information content (AvgIpc) is 2.18. The smallest absolute Gasteiger partial charge is 0.207 e. The van der Waals surface area contributed by atoms with Gasteiger partial charge in [0.25, 0.3) is 0 Å². The van der Waals surface area contributed by atoms with Gasteiger partial charge in [-0.2, -0.15) is 15.5 Å². The maximum atomic E-state index is 8.58. The Morgan fingerprint density at radius 3 is 2.77 bits per heavy atom. The number of hydrogen-bond donors (Lipinski definition) is 1. The van der Waals surface area contributed by atoms with Crippen LogP contribution in [0.15, 0.2) is 29.3 Å². The Morgan fingerprint density at radius 2 is 2.15 bits per heavy atom. The van der Waals surface area contributed by atoms with E-state index in [1.54, 1.807) is 30.5 Å². The number of nitrogens with zero attached hydrogens (tertiary/aromatic N) is 3. The highest BCUT2D eigenvalue weighted by molar-refractivity contribution is 5.98. The zero-order chi connectivity index (χ0) is 9.68. The van der Waals surface area contributed by atoms with E-state index in [9.17, 15) is 0 Å². The van der Waals surface area contributed by atoms with E-state index in [-0.39, 0.29) is 5.84 Å². The quantitative estimate of drug-likeness (QED) is 0.383. The van der Waals surface area contributed by atoms with Crippen molar-refractivity contribution in [2.45, 2.75) is 0 Å². The van der Waals surface area contributed by atoms with Crippen LogP contribution in [0.1, 0.15) is 11.1 Å². The van der Waals surface area contributed by atoms with Crippen molar-refractivity contribution in [2.24, 2.45) is 10.7 Å². The van der Waals surface area contributed by atoms with Crippen LogP contribution in [0.5, 0.6) is 0 Å². The first-order chi connectivity index (χ1) is 6.27. The highest BCUT2D eigenvalue weighted by Gasteiger charge is 1.98. The predicted octanol–water partition coefficient (Wildman–Crippen LogP) is 0.745. The summed E-state index contributed by atoms with van der Waals surface area (Å²) in [7, 11) is 0. The molecule has 0 spiro atoms. The molecular weight excluding hydrogens is 164 g/mol. The molecule has 0 radical (unpaired) electrons. The van der Waals surface area contributed by atoms with Gasteiger partial charge in [-0.3, -0.25) is 0 Å². The van der Waals surface area contributed by atoms with Crippen molar-refractivity contribution in [3.63, 3.8) is 0 Å². The largest absolute Gasteiger partial charge is 0.383 e. The number of rotatable bonds is 1. The predicted molar refractivity (Wildman–Crippen MR) is 47.5 cm³/mol. The minimum absolute atomic E-state index is 0.125. The van der Waals surface area contributed by atoms with Gasteiger partial charge in [0.2, 0.25) is 6.19 Å². The van der Waals surface area contributed by atoms with E-state index in [0.29, 0.717) is 11.1 Å². The molecule has 0 aliphatic carbocycles. The van der Waals surface area contributed by atoms with Crippen LogP contribution in [0.2, 0.25) is 0 Å². The first-order valence-electron chi connectivity index (χ1n) is 3.50. The Balaban J connectivity index is 3.12. The van der Waals surface area contributed by atoms with Crippen LogP contribution in [0.25, 0.3) is 0 Å². The van der Waals surface area contributed by atoms with Gasteiger partial charge in [0.1, 0.15) is 5.84 Å². The molecular formula is C9H6N4. The van der Waals surface area contributed by atoms with Crippen molar-refractivity contribution in [3.8, 4) is 12.3 Å². The van der Waals surface area contributed by atoms with Gasteiger partial charge in [0.05, 0.1) is 11.6 Å². The van der Waals surface area contributed by atoms with Crippen LogP contribution in [-0.2, 0) is 0 Å². The normalized spacial score (nSPS) is 10.2. The fourth-order valence-electron chi connectivity index (χ4n) is 0.866. The molecule has 0 bridgehead atoms. The Kier molecular flexibility index (Phi) is 2.62. The molecule has 0 heterocycles. The SMILES string of the molecule is N#CN=C(N)c1cccc(C#N)c1. The fourth-order valence-corrected chi connectivity index (χ4v) is 0.866. The number of nitrogens with two attached hydrogens (primary N) is 1. The molecule has 4 nitrogen and oxygen atoms in total. The third-order valence-corrected chi connectivity index (χ3v) is 1.46. The zero-order valence-electron chi connectivity index (χ0n) is 6.73. The maximum Gasteiger partial charge on any atom is 0.207 e. The first kappa shape index (κ1) is 8.76. The van der Waals surface area contributed by atoms with Crippen LogP contribution in [0, 0.1) is 22.8 Å². The molecule has 1 aromatic rings. The summed E-state index contributed by atoms with van der Waals surface area (Å²) in [5.41, 5.74) is 6.53. The van der Waals surface area contributed by atoms with Crippen LogP contribution in [0.3, 0.4) is 0 Å². The number of amidine groups is 1. The van der Waals surface area contributed by atoms with Crippen molar-refractivity contribution >= 4 is 5.84 Å². The lowest BCUT2D eigenvalue weighted by Crippen LogP contribution is -2.12. The summed E-state index contributed by atoms with van der Waals surface area (Å²) in [5, 5.41) is 16.8. The van der Waals surface area contributed by atoms with Gasteiger partial charge < -0.3 is 5.73 Å². The summed E-state index contributed by atoms with van der Waals surface area (Å²) in [4.78, 5) is 3.36. The van der Waals surface area contributed by atoms with Gasteiger partial charge >= 0.3 is 0 Å². The second-order valence-corrected chi connectivity index (χ2v) is 2.29. The summed E-state index contributed by atoms with van der Waals surface area (Å²) < 4.78 is 0. The van der Waals surface area contributed by atoms with E-state index in [4.69, 9.17) is 16.3 Å². The molecule has 4 heteroatoms. The van der Waals surface area contributed by atoms with E-state index >= 15 is 0 Å². The molecule has 0 fully saturated rings. The highest BCUT2D eigenvalue weighted by atomic mass is 14.8. The summed E-state index contributed by atoms with van der Waals surface area (Å²) in [6.07, 6.45) is 1.58. The lowest BCUT2D eigenvalue weighted by molar-refractivity contribution is 1.40. The second kappa shape index (κ2) is 3.89. The molecule has 0 aromatic heterocycles. The molecule has 0 saturated heterocycles. The topological polar surface area (TPSA) is 86.0 Å². The fraction of sp³-hybridized carbons (Fsp3) is 0. The van der Waals surface area contributed by atoms with Crippen molar-refractivity contribution in [2.75, 3.05) is 0 Å². The van der Waals surface area contributed by atoms with E-state index in [0.717, 1.165) is 0 Å². The first-order valence-corrected chi connectivity index (χ1v) is 3.50. The third kappa shape index (κ3) is 2.05. The molecule has 0 amide bonds. The van der Waals surface area contributed by atoms with Gasteiger partial charge in [-0.25, -0.2) is 0 Å². The molecule has 0 atom stereocenters. The van der Waals surface area contributed by atoms with E-state index < -0.39 is 0 Å². The Hall–Kier alpha value is -2.33. The van der Waals surface area contributed by atoms with E-state index in [2.05, 4.69) is 4.99 Å². The van der Waals surface area contributed by atoms with Crippen molar-refractivity contribution in [1.82, 2.24) is 0 Å². The van der Waals surface area contributed by atoms with Crippen molar-refractivity contribution < 1.29 is 0 Å². The standard InChI is InChI=1S/C9H6N4/c10-5-7-2-1-3-8(4-7)9(12)13-6-11/h1-4H,(H2,12,13). The molecule has 0 saturated carbocycles. The number of nitriles is 2. The minimum Gasteiger partial charge on any atom is -0.383 e. The minimum atomic E-state index is 0.125. The number of benzene rings is 1. The number of aliphatic imine (C=N–C) groups is 1. The summed E-state index contributed by atoms with van der Waals surface area (Å²) >= 11 is 0. The molecule has 62 valence electrons. The zero-order valence-corrected chi connectivity index (χ0v) is 6.73. The van der Waals surface area contributed by atoms with E-state index in [1.165, 1.54) is 0 Å². The molecule has 1 rings (SSSR count). The van der Waals surface area contributed by atoms with Gasteiger partial charge in [-0.1, -0.05) is 12.1 Å². The molecule has 0 unspecified atom stereocenters. The Labute approximate surface area is 75.5 Å². The van der Waals surface area contributed by atoms with Crippen LogP contribution < -0.4 is 5.73 Å². The highest BCUT2D eigenvalue weighted by Crippen LogP contribution is 2.03. The molecule has 1 aromatic carbocycles. The average molecular weight is 170 g/mol. The van der Waals surface area contributed by atoms with Crippen LogP contribution >= 0.6 is 0 Å². The van der Waals surface area contributed by atoms with Crippen molar-refractivity contribution in [3.05, 3.63) is 35.4 Å². The molecule has 2 N–H and O–H groups in total. The van der Waals surface area contributed by atoms with Gasteiger partial charge in [-0.15, -0.1) is 0 Å². The Bertz CT molecular complexity index is 420. The van der Waals surface area contributed by atoms with Crippen LogP contribution in [-0.4, -0.2) is 5.84 Å².